The fourth-order valence-electron chi connectivity index (χ4n) is 2.54. The van der Waals surface area contributed by atoms with E-state index in [0.29, 0.717) is 0 Å². The van der Waals surface area contributed by atoms with Crippen molar-refractivity contribution in [2.75, 3.05) is 0 Å². The molecule has 1 aliphatic rings. The minimum Gasteiger partial charge on any atom is -0.328 e. The third-order valence-corrected chi connectivity index (χ3v) is 3.64. The Balaban J connectivity index is 2.04. The van der Waals surface area contributed by atoms with Crippen LogP contribution in [0.3, 0.4) is 0 Å². The fraction of sp³-hybridized carbons (Fsp3) is 0.400. The molecule has 2 heterocycles. The molecule has 2 aromatic rings. The van der Waals surface area contributed by atoms with Gasteiger partial charge in [-0.1, -0.05) is 36.8 Å². The molecule has 0 fully saturated rings. The van der Waals surface area contributed by atoms with Gasteiger partial charge in [-0.15, -0.1) is 0 Å². The molecular formula is C15H18N2. The molecule has 0 bridgehead atoms. The lowest BCUT2D eigenvalue weighted by Crippen LogP contribution is -2.18. The molecule has 0 saturated heterocycles. The summed E-state index contributed by atoms with van der Waals surface area (Å²) < 4.78 is 2.39. The number of fused-ring (bicyclic) bond motifs is 1. The van der Waals surface area contributed by atoms with Gasteiger partial charge in [0.2, 0.25) is 0 Å². The smallest absolute Gasteiger partial charge is 0.140 e. The number of hydrogen-bond acceptors (Lipinski definition) is 1. The van der Waals surface area contributed by atoms with E-state index in [1.807, 2.05) is 6.20 Å². The molecular weight excluding hydrogens is 208 g/mol. The average Bonchev–Trinajstić information content (AvgIpc) is 2.73. The van der Waals surface area contributed by atoms with E-state index in [4.69, 9.17) is 0 Å². The number of aromatic nitrogens is 2. The van der Waals surface area contributed by atoms with Crippen LogP contribution in [0.25, 0.3) is 11.4 Å². The predicted molar refractivity (Wildman–Crippen MR) is 69.9 cm³/mol. The largest absolute Gasteiger partial charge is 0.328 e. The number of hydrogen-bond donors (Lipinski definition) is 0. The van der Waals surface area contributed by atoms with Gasteiger partial charge in [0.25, 0.3) is 0 Å². The number of benzene rings is 1. The minimum absolute atomic E-state index is 0.765. The first-order valence-corrected chi connectivity index (χ1v) is 6.35. The van der Waals surface area contributed by atoms with Gasteiger partial charge in [-0.25, -0.2) is 4.98 Å². The molecule has 0 aliphatic carbocycles. The molecule has 1 aromatic carbocycles. The minimum atomic E-state index is 0.765. The van der Waals surface area contributed by atoms with Crippen LogP contribution in [0.1, 0.15) is 24.6 Å². The highest BCUT2D eigenvalue weighted by Crippen LogP contribution is 2.26. The molecule has 0 saturated carbocycles. The third kappa shape index (κ3) is 1.88. The van der Waals surface area contributed by atoms with Crippen LogP contribution in [0.4, 0.5) is 0 Å². The number of rotatable bonds is 1. The van der Waals surface area contributed by atoms with Crippen molar-refractivity contribution in [3.05, 3.63) is 41.7 Å². The molecule has 2 nitrogen and oxygen atoms in total. The Labute approximate surface area is 102 Å². The monoisotopic (exact) mass is 226 g/mol. The molecule has 1 unspecified atom stereocenters. The Morgan fingerprint density at radius 1 is 1.24 bits per heavy atom. The number of nitrogens with zero attached hydrogens (tertiary/aromatic N) is 2. The molecule has 3 rings (SSSR count). The molecule has 0 amide bonds. The van der Waals surface area contributed by atoms with Gasteiger partial charge in [0, 0.05) is 24.0 Å². The molecule has 2 heteroatoms. The van der Waals surface area contributed by atoms with E-state index in [-0.39, 0.29) is 0 Å². The van der Waals surface area contributed by atoms with Crippen LogP contribution in [0.2, 0.25) is 0 Å². The lowest BCUT2D eigenvalue weighted by atomic mass is 10.00. The number of aryl methyl sites for hydroxylation is 2. The molecule has 1 atom stereocenters. The van der Waals surface area contributed by atoms with E-state index in [1.54, 1.807) is 0 Å². The average molecular weight is 226 g/mol. The topological polar surface area (TPSA) is 17.8 Å². The van der Waals surface area contributed by atoms with E-state index in [9.17, 15) is 0 Å². The maximum absolute atomic E-state index is 4.60. The quantitative estimate of drug-likeness (QED) is 0.728. The summed E-state index contributed by atoms with van der Waals surface area (Å²) in [5.41, 5.74) is 3.92. The van der Waals surface area contributed by atoms with E-state index in [2.05, 4.69) is 47.7 Å². The fourth-order valence-corrected chi connectivity index (χ4v) is 2.54. The molecule has 0 spiro atoms. The van der Waals surface area contributed by atoms with Crippen molar-refractivity contribution in [2.24, 2.45) is 5.92 Å². The zero-order valence-corrected chi connectivity index (χ0v) is 10.5. The van der Waals surface area contributed by atoms with E-state index >= 15 is 0 Å². The molecule has 0 radical (unpaired) electrons. The van der Waals surface area contributed by atoms with E-state index in [0.717, 1.165) is 18.3 Å². The zero-order chi connectivity index (χ0) is 11.8. The number of imidazole rings is 1. The van der Waals surface area contributed by atoms with Crippen molar-refractivity contribution in [3.8, 4) is 11.4 Å². The molecule has 88 valence electrons. The van der Waals surface area contributed by atoms with E-state index in [1.165, 1.54) is 29.7 Å². The van der Waals surface area contributed by atoms with Gasteiger partial charge < -0.3 is 4.57 Å². The summed E-state index contributed by atoms with van der Waals surface area (Å²) >= 11 is 0. The lowest BCUT2D eigenvalue weighted by molar-refractivity contribution is 0.402. The second-order valence-electron chi connectivity index (χ2n) is 5.19. The highest BCUT2D eigenvalue weighted by atomic mass is 15.1. The van der Waals surface area contributed by atoms with Crippen LogP contribution in [-0.4, -0.2) is 9.55 Å². The zero-order valence-electron chi connectivity index (χ0n) is 10.5. The normalized spacial score (nSPS) is 19.1. The molecule has 0 N–H and O–H groups in total. The Kier molecular flexibility index (Phi) is 2.50. The summed E-state index contributed by atoms with van der Waals surface area (Å²) in [7, 11) is 0. The van der Waals surface area contributed by atoms with Gasteiger partial charge in [0.15, 0.2) is 0 Å². The maximum atomic E-state index is 4.60. The predicted octanol–water partition coefficient (Wildman–Crippen LogP) is 3.44. The van der Waals surface area contributed by atoms with Crippen LogP contribution in [0.15, 0.2) is 30.5 Å². The summed E-state index contributed by atoms with van der Waals surface area (Å²) in [4.78, 5) is 4.60. The first-order valence-electron chi connectivity index (χ1n) is 6.35. The molecule has 1 aromatic heterocycles. The second kappa shape index (κ2) is 4.02. The van der Waals surface area contributed by atoms with Gasteiger partial charge in [-0.2, -0.15) is 0 Å². The summed E-state index contributed by atoms with van der Waals surface area (Å²) in [6.45, 7) is 5.55. The van der Waals surface area contributed by atoms with Gasteiger partial charge in [0.1, 0.15) is 5.82 Å². The summed E-state index contributed by atoms with van der Waals surface area (Å²) in [5, 5.41) is 0. The Hall–Kier alpha value is -1.57. The Morgan fingerprint density at radius 3 is 2.76 bits per heavy atom. The van der Waals surface area contributed by atoms with Crippen LogP contribution in [-0.2, 0) is 13.0 Å². The Morgan fingerprint density at radius 2 is 2.00 bits per heavy atom. The SMILES string of the molecule is Cc1ccc(-c2ncc3n2CC(C)CC3)cc1. The first-order chi connectivity index (χ1) is 8.24. The summed E-state index contributed by atoms with van der Waals surface area (Å²) in [6.07, 6.45) is 4.50. The van der Waals surface area contributed by atoms with Crippen molar-refractivity contribution >= 4 is 0 Å². The van der Waals surface area contributed by atoms with Crippen molar-refractivity contribution in [1.82, 2.24) is 9.55 Å². The summed E-state index contributed by atoms with van der Waals surface area (Å²) in [5.74, 6) is 1.90. The van der Waals surface area contributed by atoms with Gasteiger partial charge in [-0.3, -0.25) is 0 Å². The van der Waals surface area contributed by atoms with Crippen LogP contribution >= 0.6 is 0 Å². The van der Waals surface area contributed by atoms with Crippen LogP contribution in [0, 0.1) is 12.8 Å². The van der Waals surface area contributed by atoms with Crippen molar-refractivity contribution in [1.29, 1.82) is 0 Å². The molecule has 17 heavy (non-hydrogen) atoms. The van der Waals surface area contributed by atoms with Crippen LogP contribution < -0.4 is 0 Å². The van der Waals surface area contributed by atoms with Crippen LogP contribution in [0.5, 0.6) is 0 Å². The van der Waals surface area contributed by atoms with Crippen molar-refractivity contribution in [3.63, 3.8) is 0 Å². The van der Waals surface area contributed by atoms with Crippen molar-refractivity contribution < 1.29 is 0 Å². The third-order valence-electron chi connectivity index (χ3n) is 3.64. The first kappa shape index (κ1) is 10.6. The van der Waals surface area contributed by atoms with Crippen molar-refractivity contribution in [2.45, 2.75) is 33.2 Å². The van der Waals surface area contributed by atoms with Gasteiger partial charge in [0.05, 0.1) is 0 Å². The lowest BCUT2D eigenvalue weighted by Gasteiger charge is -2.22. The maximum Gasteiger partial charge on any atom is 0.140 e. The van der Waals surface area contributed by atoms with E-state index < -0.39 is 0 Å². The highest BCUT2D eigenvalue weighted by Gasteiger charge is 2.18. The summed E-state index contributed by atoms with van der Waals surface area (Å²) in [6, 6.07) is 8.65. The Bertz CT molecular complexity index is 522. The highest BCUT2D eigenvalue weighted by molar-refractivity contribution is 5.56. The second-order valence-corrected chi connectivity index (χ2v) is 5.19. The van der Waals surface area contributed by atoms with Gasteiger partial charge >= 0.3 is 0 Å². The standard InChI is InChI=1S/C15H18N2/c1-11-3-6-13(7-4-11)15-16-9-14-8-5-12(2)10-17(14)15/h3-4,6-7,9,12H,5,8,10H2,1-2H3. The van der Waals surface area contributed by atoms with Gasteiger partial charge in [-0.05, 0) is 25.7 Å². The molecule has 1 aliphatic heterocycles.